The Kier molecular flexibility index (Phi) is 4.64. The van der Waals surface area contributed by atoms with E-state index < -0.39 is 0 Å². The predicted molar refractivity (Wildman–Crippen MR) is 144 cm³/mol. The lowest BCUT2D eigenvalue weighted by atomic mass is 9.73. The van der Waals surface area contributed by atoms with Crippen LogP contribution < -0.4 is 4.90 Å². The summed E-state index contributed by atoms with van der Waals surface area (Å²) in [6.45, 7) is 13.8. The third kappa shape index (κ3) is 2.80. The van der Waals surface area contributed by atoms with Gasteiger partial charge in [-0.05, 0) is 61.6 Å². The molecule has 4 heteroatoms. The summed E-state index contributed by atoms with van der Waals surface area (Å²) in [5.41, 5.74) is 13.2. The summed E-state index contributed by atoms with van der Waals surface area (Å²) in [6, 6.07) is 13.6. The molecule has 5 aliphatic heterocycles. The number of ether oxygens (including phenoxy) is 1. The molecular weight excluding hydrogens is 444 g/mol. The van der Waals surface area contributed by atoms with Gasteiger partial charge < -0.3 is 14.7 Å². The highest BCUT2D eigenvalue weighted by Crippen LogP contribution is 2.54. The fraction of sp³-hybridized carbons (Fsp3) is 0.469. The van der Waals surface area contributed by atoms with E-state index in [1.54, 1.807) is 0 Å². The van der Waals surface area contributed by atoms with E-state index in [0.717, 1.165) is 37.9 Å². The minimum atomic E-state index is -0.134. The number of benzene rings is 2. The fourth-order valence-corrected chi connectivity index (χ4v) is 7.71. The number of rotatable bonds is 2. The van der Waals surface area contributed by atoms with Crippen LogP contribution in [0.4, 0.5) is 11.4 Å². The summed E-state index contributed by atoms with van der Waals surface area (Å²) in [5.74, 6) is 0. The zero-order chi connectivity index (χ0) is 25.0. The first-order valence-electron chi connectivity index (χ1n) is 13.7. The van der Waals surface area contributed by atoms with Crippen LogP contribution in [0.2, 0.25) is 0 Å². The molecule has 7 rings (SSSR count). The smallest absolute Gasteiger partial charge is 0.209 e. The molecule has 1 N–H and O–H groups in total. The molecule has 5 aliphatic rings. The van der Waals surface area contributed by atoms with Crippen LogP contribution in [0.5, 0.6) is 0 Å². The van der Waals surface area contributed by atoms with E-state index in [0.29, 0.717) is 0 Å². The van der Waals surface area contributed by atoms with Crippen molar-refractivity contribution < 1.29 is 14.4 Å². The van der Waals surface area contributed by atoms with Crippen LogP contribution in [0.1, 0.15) is 69.7 Å². The van der Waals surface area contributed by atoms with E-state index in [4.69, 9.17) is 4.74 Å². The largest absolute Gasteiger partial charge is 0.392 e. The summed E-state index contributed by atoms with van der Waals surface area (Å²) in [4.78, 5) is 2.52. The van der Waals surface area contributed by atoms with E-state index in [-0.39, 0.29) is 29.6 Å². The number of hydrogen-bond acceptors (Lipinski definition) is 3. The highest BCUT2D eigenvalue weighted by Gasteiger charge is 2.54. The molecule has 2 aromatic rings. The molecule has 0 saturated carbocycles. The van der Waals surface area contributed by atoms with Crippen molar-refractivity contribution in [2.75, 3.05) is 18.0 Å². The molecule has 2 unspecified atom stereocenters. The van der Waals surface area contributed by atoms with Gasteiger partial charge in [0.25, 0.3) is 0 Å². The van der Waals surface area contributed by atoms with Gasteiger partial charge in [-0.25, -0.2) is 0 Å². The maximum atomic E-state index is 9.80. The molecule has 36 heavy (non-hydrogen) atoms. The standard InChI is InChI=1S/C32H37N2O2/c1-6-19-7-9-25-23(15-19)31(2,3)29-21-17-22-28(36-27(21)11-13-33(25)29)12-14-34-26-10-8-20(18-35)16-24(26)32(4,5)30(22)34/h7-10,15-17,27-28,35H,6,11-14,18H2,1-5H3/q+1. The molecule has 186 valence electrons. The number of aryl methyl sites for hydroxylation is 1. The summed E-state index contributed by atoms with van der Waals surface area (Å²) >= 11 is 0. The Balaban J connectivity index is 1.41. The number of aliphatic hydroxyl groups excluding tert-OH is 1. The summed E-state index contributed by atoms with van der Waals surface area (Å²) < 4.78 is 9.52. The van der Waals surface area contributed by atoms with Crippen LogP contribution in [0.25, 0.3) is 0 Å². The molecule has 0 aliphatic carbocycles. The molecule has 2 aromatic carbocycles. The van der Waals surface area contributed by atoms with Crippen LogP contribution in [0, 0.1) is 0 Å². The molecule has 0 saturated heterocycles. The first-order chi connectivity index (χ1) is 17.3. The molecule has 5 heterocycles. The van der Waals surface area contributed by atoms with Gasteiger partial charge in [-0.2, -0.15) is 4.58 Å². The number of allylic oxidation sites excluding steroid dienone is 1. The van der Waals surface area contributed by atoms with Gasteiger partial charge in [0, 0.05) is 52.5 Å². The van der Waals surface area contributed by atoms with Crippen molar-refractivity contribution in [2.45, 2.75) is 83.5 Å². The second kappa shape index (κ2) is 7.43. The van der Waals surface area contributed by atoms with Gasteiger partial charge in [-0.15, -0.1) is 0 Å². The number of anilines is 1. The molecule has 0 amide bonds. The lowest BCUT2D eigenvalue weighted by molar-refractivity contribution is -0.445. The maximum Gasteiger partial charge on any atom is 0.209 e. The second-order valence-electron chi connectivity index (χ2n) is 12.2. The molecule has 0 spiro atoms. The van der Waals surface area contributed by atoms with Crippen molar-refractivity contribution >= 4 is 17.1 Å². The maximum absolute atomic E-state index is 9.80. The van der Waals surface area contributed by atoms with E-state index >= 15 is 0 Å². The van der Waals surface area contributed by atoms with Gasteiger partial charge in [0.1, 0.15) is 0 Å². The van der Waals surface area contributed by atoms with Crippen molar-refractivity contribution in [1.29, 1.82) is 0 Å². The SMILES string of the molecule is CCc1ccc2c(c1)C(C)(C)C1=[N+]2CCC2OC3CCN4C(=C3C=C12)C(C)(C)c1cc(CO)ccc14. The van der Waals surface area contributed by atoms with Gasteiger partial charge in [0.05, 0.1) is 24.2 Å². The molecular formula is C32H37N2O2+. The van der Waals surface area contributed by atoms with Gasteiger partial charge in [-0.1, -0.05) is 39.0 Å². The Bertz CT molecular complexity index is 1410. The van der Waals surface area contributed by atoms with Gasteiger partial charge >= 0.3 is 0 Å². The summed E-state index contributed by atoms with van der Waals surface area (Å²) in [5, 5.41) is 9.80. The third-order valence-electron chi connectivity index (χ3n) is 9.47. The molecule has 4 nitrogen and oxygen atoms in total. The molecule has 0 fully saturated rings. The van der Waals surface area contributed by atoms with Crippen molar-refractivity contribution in [2.24, 2.45) is 0 Å². The minimum absolute atomic E-state index is 0.0506. The highest BCUT2D eigenvalue weighted by molar-refractivity contribution is 6.08. The second-order valence-corrected chi connectivity index (χ2v) is 12.2. The van der Waals surface area contributed by atoms with Crippen LogP contribution in [0.3, 0.4) is 0 Å². The zero-order valence-corrected chi connectivity index (χ0v) is 22.2. The number of nitrogens with zero attached hydrogens (tertiary/aromatic N) is 2. The van der Waals surface area contributed by atoms with Crippen LogP contribution in [0.15, 0.2) is 59.3 Å². The Morgan fingerprint density at radius 2 is 1.75 bits per heavy atom. The topological polar surface area (TPSA) is 35.7 Å². The van der Waals surface area contributed by atoms with Crippen LogP contribution in [-0.2, 0) is 28.6 Å². The fourth-order valence-electron chi connectivity index (χ4n) is 7.71. The van der Waals surface area contributed by atoms with E-state index in [1.165, 1.54) is 50.6 Å². The zero-order valence-electron chi connectivity index (χ0n) is 22.2. The lowest BCUT2D eigenvalue weighted by Gasteiger charge is -2.42. The Hall–Kier alpha value is -2.69. The summed E-state index contributed by atoms with van der Waals surface area (Å²) in [7, 11) is 0. The van der Waals surface area contributed by atoms with Crippen LogP contribution in [-0.4, -0.2) is 40.7 Å². The van der Waals surface area contributed by atoms with Crippen molar-refractivity contribution in [3.8, 4) is 0 Å². The van der Waals surface area contributed by atoms with E-state index in [1.807, 2.05) is 0 Å². The Morgan fingerprint density at radius 3 is 2.53 bits per heavy atom. The van der Waals surface area contributed by atoms with Crippen molar-refractivity contribution in [3.05, 3.63) is 81.6 Å². The molecule has 0 aromatic heterocycles. The van der Waals surface area contributed by atoms with Gasteiger partial charge in [0.2, 0.25) is 5.69 Å². The van der Waals surface area contributed by atoms with Crippen molar-refractivity contribution in [1.82, 2.24) is 0 Å². The number of aliphatic hydroxyl groups is 1. The average Bonchev–Trinajstić information content (AvgIpc) is 3.26. The first kappa shape index (κ1) is 22.5. The summed E-state index contributed by atoms with van der Waals surface area (Å²) in [6.07, 6.45) is 5.96. The van der Waals surface area contributed by atoms with E-state index in [2.05, 4.69) is 86.6 Å². The van der Waals surface area contributed by atoms with Crippen LogP contribution >= 0.6 is 0 Å². The minimum Gasteiger partial charge on any atom is -0.392 e. The normalized spacial score (nSPS) is 26.6. The Labute approximate surface area is 214 Å². The first-order valence-corrected chi connectivity index (χ1v) is 13.7. The lowest BCUT2D eigenvalue weighted by Crippen LogP contribution is -2.47. The molecule has 0 radical (unpaired) electrons. The van der Waals surface area contributed by atoms with Gasteiger partial charge in [-0.3, -0.25) is 0 Å². The predicted octanol–water partition coefficient (Wildman–Crippen LogP) is 5.67. The van der Waals surface area contributed by atoms with Crippen molar-refractivity contribution in [3.63, 3.8) is 0 Å². The highest BCUT2D eigenvalue weighted by atomic mass is 16.5. The van der Waals surface area contributed by atoms with Gasteiger partial charge in [0.15, 0.2) is 12.3 Å². The molecule has 2 atom stereocenters. The monoisotopic (exact) mass is 481 g/mol. The van der Waals surface area contributed by atoms with E-state index in [9.17, 15) is 5.11 Å². The molecule has 0 bridgehead atoms. The average molecular weight is 482 g/mol. The Morgan fingerprint density at radius 1 is 0.972 bits per heavy atom. The quantitative estimate of drug-likeness (QED) is 0.562. The number of fused-ring (bicyclic) bond motifs is 8. The number of hydrogen-bond donors (Lipinski definition) is 1. The third-order valence-corrected chi connectivity index (χ3v) is 9.47.